The molecule has 0 radical (unpaired) electrons. The van der Waals surface area contributed by atoms with E-state index >= 15 is 0 Å². The van der Waals surface area contributed by atoms with Crippen LogP contribution in [0, 0.1) is 0 Å². The number of hydrogen-bond acceptors (Lipinski definition) is 3. The fourth-order valence-electron chi connectivity index (χ4n) is 1.49. The van der Waals surface area contributed by atoms with Crippen molar-refractivity contribution in [1.29, 1.82) is 0 Å². The Morgan fingerprint density at radius 3 is 2.61 bits per heavy atom. The van der Waals surface area contributed by atoms with Gasteiger partial charge in [0.2, 0.25) is 0 Å². The van der Waals surface area contributed by atoms with Gasteiger partial charge >= 0.3 is 5.97 Å². The predicted octanol–water partition coefficient (Wildman–Crippen LogP) is 4.00. The summed E-state index contributed by atoms with van der Waals surface area (Å²) < 4.78 is 9.91. The average molecular weight is 254 g/mol. The normalized spacial score (nSPS) is 11.3. The van der Waals surface area contributed by atoms with Crippen LogP contribution in [0.4, 0.5) is 0 Å². The van der Waals surface area contributed by atoms with Gasteiger partial charge in [-0.15, -0.1) is 6.58 Å². The van der Waals surface area contributed by atoms with Crippen LogP contribution in [-0.2, 0) is 14.3 Å². The summed E-state index contributed by atoms with van der Waals surface area (Å²) in [5.41, 5.74) is 0.660. The van der Waals surface area contributed by atoms with Gasteiger partial charge in [0, 0.05) is 5.57 Å². The number of rotatable bonds is 11. The van der Waals surface area contributed by atoms with Crippen molar-refractivity contribution >= 4 is 5.97 Å². The Kier molecular flexibility index (Phi) is 11.6. The van der Waals surface area contributed by atoms with Crippen molar-refractivity contribution in [3.63, 3.8) is 0 Å². The van der Waals surface area contributed by atoms with Crippen LogP contribution >= 0.6 is 0 Å². The lowest BCUT2D eigenvalue weighted by Gasteiger charge is -2.04. The number of hydrogen-bond donors (Lipinski definition) is 0. The molecule has 0 saturated heterocycles. The molecule has 0 spiro atoms. The zero-order valence-corrected chi connectivity index (χ0v) is 11.7. The molecule has 0 unspecified atom stereocenters. The Morgan fingerprint density at radius 2 is 1.94 bits per heavy atom. The Balaban J connectivity index is 3.60. The highest BCUT2D eigenvalue weighted by Gasteiger charge is 2.04. The van der Waals surface area contributed by atoms with E-state index in [1.807, 2.05) is 6.08 Å². The minimum absolute atomic E-state index is 0.00741. The highest BCUT2D eigenvalue weighted by Crippen LogP contribution is 2.07. The Hall–Kier alpha value is -1.09. The predicted molar refractivity (Wildman–Crippen MR) is 74.2 cm³/mol. The number of carbonyl (C=O) groups is 1. The van der Waals surface area contributed by atoms with Crippen molar-refractivity contribution < 1.29 is 14.3 Å². The topological polar surface area (TPSA) is 35.5 Å². The molecule has 0 bridgehead atoms. The molecule has 0 aromatic rings. The highest BCUT2D eigenvalue weighted by molar-refractivity contribution is 5.87. The number of unbranched alkanes of at least 4 members (excludes halogenated alkanes) is 5. The van der Waals surface area contributed by atoms with E-state index < -0.39 is 0 Å². The van der Waals surface area contributed by atoms with Crippen LogP contribution in [-0.4, -0.2) is 19.4 Å². The van der Waals surface area contributed by atoms with Crippen molar-refractivity contribution in [3.05, 3.63) is 24.3 Å². The zero-order valence-electron chi connectivity index (χ0n) is 11.7. The first-order valence-corrected chi connectivity index (χ1v) is 6.74. The molecule has 0 saturated carbocycles. The largest absolute Gasteiger partial charge is 0.435 e. The first-order chi connectivity index (χ1) is 8.72. The SMILES string of the molecule is C=CCOCOC(=O)C(C)=CCCCCCCC. The van der Waals surface area contributed by atoms with E-state index in [1.165, 1.54) is 25.7 Å². The number of esters is 1. The van der Waals surface area contributed by atoms with Gasteiger partial charge in [-0.2, -0.15) is 0 Å². The Labute approximate surface area is 111 Å². The summed E-state index contributed by atoms with van der Waals surface area (Å²) in [5.74, 6) is -0.298. The molecule has 0 aliphatic carbocycles. The fourth-order valence-corrected chi connectivity index (χ4v) is 1.49. The van der Waals surface area contributed by atoms with Gasteiger partial charge in [-0.3, -0.25) is 0 Å². The summed E-state index contributed by atoms with van der Waals surface area (Å²) in [7, 11) is 0. The lowest BCUT2D eigenvalue weighted by Crippen LogP contribution is -2.09. The van der Waals surface area contributed by atoms with Crippen molar-refractivity contribution in [2.24, 2.45) is 0 Å². The van der Waals surface area contributed by atoms with Gasteiger partial charge in [-0.05, 0) is 19.8 Å². The smallest absolute Gasteiger partial charge is 0.335 e. The lowest BCUT2D eigenvalue weighted by atomic mass is 10.1. The van der Waals surface area contributed by atoms with Gasteiger partial charge in [0.1, 0.15) is 0 Å². The van der Waals surface area contributed by atoms with Gasteiger partial charge in [0.05, 0.1) is 6.61 Å². The van der Waals surface area contributed by atoms with E-state index in [-0.39, 0.29) is 12.8 Å². The second kappa shape index (κ2) is 12.4. The third kappa shape index (κ3) is 10.1. The maximum Gasteiger partial charge on any atom is 0.335 e. The molecule has 104 valence electrons. The minimum atomic E-state index is -0.298. The van der Waals surface area contributed by atoms with Crippen LogP contribution in [0.25, 0.3) is 0 Å². The molecular formula is C15H26O3. The molecule has 0 heterocycles. The second-order valence-corrected chi connectivity index (χ2v) is 4.30. The first kappa shape index (κ1) is 16.9. The van der Waals surface area contributed by atoms with Crippen LogP contribution in [0.15, 0.2) is 24.3 Å². The van der Waals surface area contributed by atoms with Crippen molar-refractivity contribution in [2.45, 2.75) is 52.4 Å². The van der Waals surface area contributed by atoms with Gasteiger partial charge < -0.3 is 9.47 Å². The summed E-state index contributed by atoms with van der Waals surface area (Å²) >= 11 is 0. The molecule has 0 aliphatic heterocycles. The van der Waals surface area contributed by atoms with Crippen molar-refractivity contribution in [3.8, 4) is 0 Å². The number of carbonyl (C=O) groups excluding carboxylic acids is 1. The summed E-state index contributed by atoms with van der Waals surface area (Å²) in [6, 6.07) is 0. The average Bonchev–Trinajstić information content (AvgIpc) is 2.38. The van der Waals surface area contributed by atoms with Crippen LogP contribution < -0.4 is 0 Å². The van der Waals surface area contributed by atoms with E-state index in [9.17, 15) is 4.79 Å². The zero-order chi connectivity index (χ0) is 13.6. The monoisotopic (exact) mass is 254 g/mol. The molecular weight excluding hydrogens is 228 g/mol. The van der Waals surface area contributed by atoms with Crippen LogP contribution in [0.5, 0.6) is 0 Å². The molecule has 0 aromatic heterocycles. The van der Waals surface area contributed by atoms with Gasteiger partial charge in [0.15, 0.2) is 6.79 Å². The van der Waals surface area contributed by atoms with E-state index in [0.29, 0.717) is 12.2 Å². The maximum atomic E-state index is 11.5. The molecule has 0 fully saturated rings. The van der Waals surface area contributed by atoms with E-state index in [4.69, 9.17) is 9.47 Å². The van der Waals surface area contributed by atoms with Gasteiger partial charge in [0.25, 0.3) is 0 Å². The third-order valence-electron chi connectivity index (χ3n) is 2.59. The van der Waals surface area contributed by atoms with E-state index in [1.54, 1.807) is 13.0 Å². The van der Waals surface area contributed by atoms with Crippen LogP contribution in [0.2, 0.25) is 0 Å². The third-order valence-corrected chi connectivity index (χ3v) is 2.59. The highest BCUT2D eigenvalue weighted by atomic mass is 16.7. The van der Waals surface area contributed by atoms with Gasteiger partial charge in [-0.1, -0.05) is 44.8 Å². The summed E-state index contributed by atoms with van der Waals surface area (Å²) in [5, 5.41) is 0. The van der Waals surface area contributed by atoms with Crippen molar-refractivity contribution in [1.82, 2.24) is 0 Å². The molecule has 0 rings (SSSR count). The Morgan fingerprint density at radius 1 is 1.22 bits per heavy atom. The van der Waals surface area contributed by atoms with Crippen LogP contribution in [0.1, 0.15) is 52.4 Å². The van der Waals surface area contributed by atoms with Gasteiger partial charge in [-0.25, -0.2) is 4.79 Å². The molecule has 0 amide bonds. The minimum Gasteiger partial charge on any atom is -0.435 e. The van der Waals surface area contributed by atoms with Crippen LogP contribution in [0.3, 0.4) is 0 Å². The standard InChI is InChI=1S/C15H26O3/c1-4-6-7-8-9-10-11-14(3)15(16)18-13-17-12-5-2/h5,11H,2,4,6-10,12-13H2,1,3H3. The maximum absolute atomic E-state index is 11.5. The number of allylic oxidation sites excluding steroid dienone is 1. The van der Waals surface area contributed by atoms with Crippen molar-refractivity contribution in [2.75, 3.05) is 13.4 Å². The molecule has 18 heavy (non-hydrogen) atoms. The first-order valence-electron chi connectivity index (χ1n) is 6.74. The quantitative estimate of drug-likeness (QED) is 0.184. The number of ether oxygens (including phenoxy) is 2. The van der Waals surface area contributed by atoms with E-state index in [2.05, 4.69) is 13.5 Å². The second-order valence-electron chi connectivity index (χ2n) is 4.30. The molecule has 3 heteroatoms. The summed E-state index contributed by atoms with van der Waals surface area (Å²) in [4.78, 5) is 11.5. The molecule has 0 aliphatic rings. The van der Waals surface area contributed by atoms with E-state index in [0.717, 1.165) is 12.8 Å². The molecule has 3 nitrogen and oxygen atoms in total. The lowest BCUT2D eigenvalue weighted by molar-refractivity contribution is -0.150. The molecule has 0 atom stereocenters. The summed E-state index contributed by atoms with van der Waals surface area (Å²) in [6.07, 6.45) is 10.7. The summed E-state index contributed by atoms with van der Waals surface area (Å²) in [6.45, 7) is 7.88. The molecule has 0 N–H and O–H groups in total. The Bertz CT molecular complexity index is 256. The molecule has 0 aromatic carbocycles. The fraction of sp³-hybridized carbons (Fsp3) is 0.667.